The smallest absolute Gasteiger partial charge is 0.266 e. The summed E-state index contributed by atoms with van der Waals surface area (Å²) < 4.78 is 27.3. The molecular formula is C20H22N2O4S. The quantitative estimate of drug-likeness (QED) is 0.557. The molecule has 2 aromatic carbocycles. The number of carbonyl (C=O) groups excluding carboxylic acids is 2. The Labute approximate surface area is 159 Å². The van der Waals surface area contributed by atoms with Crippen molar-refractivity contribution in [3.63, 3.8) is 0 Å². The predicted molar refractivity (Wildman–Crippen MR) is 103 cm³/mol. The molecule has 0 aromatic heterocycles. The van der Waals surface area contributed by atoms with Gasteiger partial charge in [0.25, 0.3) is 11.8 Å². The van der Waals surface area contributed by atoms with E-state index in [0.717, 1.165) is 30.6 Å². The third-order valence-corrected chi connectivity index (χ3v) is 6.00. The van der Waals surface area contributed by atoms with Crippen molar-refractivity contribution in [2.45, 2.75) is 37.5 Å². The first-order chi connectivity index (χ1) is 13.0. The fraction of sp³-hybridized carbons (Fsp3) is 0.300. The number of fused-ring (bicyclic) bond motifs is 1. The number of sulfonamides is 1. The minimum absolute atomic E-state index is 0.110. The van der Waals surface area contributed by atoms with Gasteiger partial charge in [-0.2, -0.15) is 0 Å². The molecule has 2 aromatic rings. The molecule has 142 valence electrons. The Morgan fingerprint density at radius 1 is 0.852 bits per heavy atom. The summed E-state index contributed by atoms with van der Waals surface area (Å²) in [4.78, 5) is 26.2. The van der Waals surface area contributed by atoms with Gasteiger partial charge in [0, 0.05) is 6.54 Å². The highest BCUT2D eigenvalue weighted by molar-refractivity contribution is 7.89. The molecule has 1 aliphatic heterocycles. The summed E-state index contributed by atoms with van der Waals surface area (Å²) in [6, 6.07) is 12.4. The molecular weight excluding hydrogens is 364 g/mol. The van der Waals surface area contributed by atoms with Crippen LogP contribution in [-0.4, -0.2) is 26.8 Å². The molecule has 0 saturated heterocycles. The molecule has 0 bridgehead atoms. The van der Waals surface area contributed by atoms with Gasteiger partial charge < -0.3 is 0 Å². The van der Waals surface area contributed by atoms with E-state index in [0.29, 0.717) is 23.4 Å². The molecule has 0 saturated carbocycles. The molecule has 0 radical (unpaired) electrons. The Morgan fingerprint density at radius 2 is 1.44 bits per heavy atom. The largest absolute Gasteiger partial charge is 0.268 e. The molecule has 1 N–H and O–H groups in total. The van der Waals surface area contributed by atoms with Crippen molar-refractivity contribution in [3.8, 4) is 0 Å². The van der Waals surface area contributed by atoms with E-state index in [2.05, 4.69) is 11.6 Å². The molecule has 0 atom stereocenters. The number of rotatable bonds is 8. The van der Waals surface area contributed by atoms with E-state index >= 15 is 0 Å². The van der Waals surface area contributed by atoms with Crippen LogP contribution >= 0.6 is 0 Å². The lowest BCUT2D eigenvalue weighted by Gasteiger charge is -2.14. The second-order valence-corrected chi connectivity index (χ2v) is 8.21. The van der Waals surface area contributed by atoms with E-state index in [1.165, 1.54) is 24.3 Å². The van der Waals surface area contributed by atoms with E-state index < -0.39 is 21.8 Å². The van der Waals surface area contributed by atoms with Gasteiger partial charge in [0.15, 0.2) is 0 Å². The SMILES string of the molecule is CCCCCCNS(=O)(=O)c1ccc(N2C(=O)c3ccccc3C2=O)cc1. The van der Waals surface area contributed by atoms with Crippen molar-refractivity contribution in [2.24, 2.45) is 0 Å². The summed E-state index contributed by atoms with van der Waals surface area (Å²) in [5, 5.41) is 0. The maximum Gasteiger partial charge on any atom is 0.266 e. The molecule has 2 amide bonds. The topological polar surface area (TPSA) is 83.6 Å². The van der Waals surface area contributed by atoms with Crippen molar-refractivity contribution < 1.29 is 18.0 Å². The number of unbranched alkanes of at least 4 members (excludes halogenated alkanes) is 3. The molecule has 6 nitrogen and oxygen atoms in total. The van der Waals surface area contributed by atoms with Gasteiger partial charge in [0.05, 0.1) is 21.7 Å². The first kappa shape index (κ1) is 19.3. The van der Waals surface area contributed by atoms with Crippen LogP contribution in [0.5, 0.6) is 0 Å². The molecule has 1 heterocycles. The van der Waals surface area contributed by atoms with E-state index in [-0.39, 0.29) is 4.90 Å². The molecule has 27 heavy (non-hydrogen) atoms. The normalized spacial score (nSPS) is 13.9. The number of imide groups is 1. The molecule has 0 spiro atoms. The average molecular weight is 386 g/mol. The monoisotopic (exact) mass is 386 g/mol. The van der Waals surface area contributed by atoms with Gasteiger partial charge in [-0.15, -0.1) is 0 Å². The lowest BCUT2D eigenvalue weighted by molar-refractivity contribution is 0.0926. The zero-order valence-corrected chi connectivity index (χ0v) is 16.0. The van der Waals surface area contributed by atoms with E-state index in [1.54, 1.807) is 24.3 Å². The summed E-state index contributed by atoms with van der Waals surface area (Å²) in [6.07, 6.45) is 3.95. The van der Waals surface area contributed by atoms with Crippen LogP contribution in [0.4, 0.5) is 5.69 Å². The average Bonchev–Trinajstić information content (AvgIpc) is 2.93. The van der Waals surface area contributed by atoms with Crippen LogP contribution in [-0.2, 0) is 10.0 Å². The molecule has 0 unspecified atom stereocenters. The second-order valence-electron chi connectivity index (χ2n) is 6.44. The molecule has 0 fully saturated rings. The van der Waals surface area contributed by atoms with E-state index in [4.69, 9.17) is 0 Å². The number of nitrogens with one attached hydrogen (secondary N) is 1. The van der Waals surface area contributed by atoms with Gasteiger partial charge >= 0.3 is 0 Å². The van der Waals surface area contributed by atoms with Crippen molar-refractivity contribution in [2.75, 3.05) is 11.4 Å². The molecule has 3 rings (SSSR count). The lowest BCUT2D eigenvalue weighted by Crippen LogP contribution is -2.29. The first-order valence-corrected chi connectivity index (χ1v) is 10.5. The fourth-order valence-corrected chi connectivity index (χ4v) is 4.11. The van der Waals surface area contributed by atoms with Crippen molar-refractivity contribution in [1.29, 1.82) is 0 Å². The van der Waals surface area contributed by atoms with Crippen LogP contribution in [0.1, 0.15) is 53.3 Å². The predicted octanol–water partition coefficient (Wildman–Crippen LogP) is 3.35. The first-order valence-electron chi connectivity index (χ1n) is 9.03. The Balaban J connectivity index is 1.73. The zero-order valence-electron chi connectivity index (χ0n) is 15.1. The molecule has 7 heteroatoms. The number of hydrogen-bond acceptors (Lipinski definition) is 4. The summed E-state index contributed by atoms with van der Waals surface area (Å²) in [5.74, 6) is -0.805. The Bertz CT molecular complexity index is 917. The third-order valence-electron chi connectivity index (χ3n) is 4.52. The van der Waals surface area contributed by atoms with Gasteiger partial charge in [-0.3, -0.25) is 9.59 Å². The minimum atomic E-state index is -3.61. The van der Waals surface area contributed by atoms with Crippen molar-refractivity contribution in [3.05, 3.63) is 59.7 Å². The van der Waals surface area contributed by atoms with Crippen LogP contribution in [0.2, 0.25) is 0 Å². The van der Waals surface area contributed by atoms with Gasteiger partial charge in [-0.25, -0.2) is 18.0 Å². The Hall–Kier alpha value is -2.51. The van der Waals surface area contributed by atoms with Gasteiger partial charge in [0.2, 0.25) is 10.0 Å². The fourth-order valence-electron chi connectivity index (χ4n) is 3.04. The maximum absolute atomic E-state index is 12.5. The maximum atomic E-state index is 12.5. The highest BCUT2D eigenvalue weighted by Crippen LogP contribution is 2.28. The number of benzene rings is 2. The standard InChI is InChI=1S/C20H22N2O4S/c1-2-3-4-7-14-21-27(25,26)16-12-10-15(11-13-16)22-19(23)17-8-5-6-9-18(17)20(22)24/h5-6,8-13,21H,2-4,7,14H2,1H3. The van der Waals surface area contributed by atoms with Crippen molar-refractivity contribution >= 4 is 27.5 Å². The summed E-state index contributed by atoms with van der Waals surface area (Å²) >= 11 is 0. The molecule has 0 aliphatic carbocycles. The van der Waals surface area contributed by atoms with Crippen molar-refractivity contribution in [1.82, 2.24) is 4.72 Å². The second kappa shape index (κ2) is 8.02. The third kappa shape index (κ3) is 3.94. The highest BCUT2D eigenvalue weighted by atomic mass is 32.2. The van der Waals surface area contributed by atoms with Crippen LogP contribution in [0, 0.1) is 0 Å². The van der Waals surface area contributed by atoms with E-state index in [1.807, 2.05) is 0 Å². The van der Waals surface area contributed by atoms with Crippen LogP contribution in [0.3, 0.4) is 0 Å². The van der Waals surface area contributed by atoms with E-state index in [9.17, 15) is 18.0 Å². The number of nitrogens with zero attached hydrogens (tertiary/aromatic N) is 1. The number of carbonyl (C=O) groups is 2. The highest BCUT2D eigenvalue weighted by Gasteiger charge is 2.36. The number of anilines is 1. The number of hydrogen-bond donors (Lipinski definition) is 1. The summed E-state index contributed by atoms with van der Waals surface area (Å²) in [6.45, 7) is 2.49. The lowest BCUT2D eigenvalue weighted by atomic mass is 10.1. The summed E-state index contributed by atoms with van der Waals surface area (Å²) in [5.41, 5.74) is 1.06. The Kier molecular flexibility index (Phi) is 5.72. The van der Waals surface area contributed by atoms with Crippen LogP contribution in [0.25, 0.3) is 0 Å². The Morgan fingerprint density at radius 3 is 2.00 bits per heavy atom. The zero-order chi connectivity index (χ0) is 19.4. The van der Waals surface area contributed by atoms with Gasteiger partial charge in [-0.1, -0.05) is 38.3 Å². The van der Waals surface area contributed by atoms with Crippen LogP contribution in [0.15, 0.2) is 53.4 Å². The summed E-state index contributed by atoms with van der Waals surface area (Å²) in [7, 11) is -3.61. The number of amides is 2. The van der Waals surface area contributed by atoms with Gasteiger partial charge in [0.1, 0.15) is 0 Å². The molecule has 1 aliphatic rings. The van der Waals surface area contributed by atoms with Crippen LogP contribution < -0.4 is 9.62 Å². The minimum Gasteiger partial charge on any atom is -0.268 e. The van der Waals surface area contributed by atoms with Gasteiger partial charge in [-0.05, 0) is 42.8 Å².